The second-order valence-electron chi connectivity index (χ2n) is 10.1. The molecule has 0 aromatic carbocycles. The van der Waals surface area contributed by atoms with Gasteiger partial charge in [0.25, 0.3) is 0 Å². The van der Waals surface area contributed by atoms with Crippen LogP contribution >= 0.6 is 0 Å². The lowest BCUT2D eigenvalue weighted by molar-refractivity contribution is -0.143. The number of ether oxygens (including phenoxy) is 1. The van der Waals surface area contributed by atoms with Gasteiger partial charge in [-0.15, -0.1) is 0 Å². The van der Waals surface area contributed by atoms with Gasteiger partial charge in [0.05, 0.1) is 6.61 Å². The summed E-state index contributed by atoms with van der Waals surface area (Å²) in [7, 11) is 0. The smallest absolute Gasteiger partial charge is 0.305 e. The minimum atomic E-state index is 0.0190. The van der Waals surface area contributed by atoms with Crippen molar-refractivity contribution in [1.29, 1.82) is 0 Å². The van der Waals surface area contributed by atoms with Gasteiger partial charge in [-0.1, -0.05) is 162 Å². The molecule has 0 aliphatic carbocycles. The van der Waals surface area contributed by atoms with Crippen molar-refractivity contribution >= 4 is 5.97 Å². The average molecular weight is 453 g/mol. The van der Waals surface area contributed by atoms with E-state index >= 15 is 0 Å². The Bertz CT molecular complexity index is 353. The third-order valence-electron chi connectivity index (χ3n) is 6.75. The topological polar surface area (TPSA) is 26.3 Å². The molecule has 0 N–H and O–H groups in total. The molecule has 0 amide bonds. The Balaban J connectivity index is 3.10. The Morgan fingerprint density at radius 3 is 1.03 bits per heavy atom. The van der Waals surface area contributed by atoms with Crippen LogP contribution in [0.4, 0.5) is 0 Å². The minimum absolute atomic E-state index is 0.0190. The van der Waals surface area contributed by atoms with E-state index in [1.165, 1.54) is 148 Å². The van der Waals surface area contributed by atoms with Gasteiger partial charge in [0.1, 0.15) is 0 Å². The lowest BCUT2D eigenvalue weighted by atomic mass is 10.0. The molecule has 0 aromatic heterocycles. The van der Waals surface area contributed by atoms with Gasteiger partial charge < -0.3 is 4.74 Å². The van der Waals surface area contributed by atoms with Crippen LogP contribution in [0.1, 0.15) is 181 Å². The summed E-state index contributed by atoms with van der Waals surface area (Å²) in [6.45, 7) is 5.17. The second-order valence-corrected chi connectivity index (χ2v) is 10.1. The van der Waals surface area contributed by atoms with E-state index in [4.69, 9.17) is 4.74 Å². The van der Waals surface area contributed by atoms with Crippen LogP contribution in [0, 0.1) is 0 Å². The molecule has 192 valence electrons. The van der Waals surface area contributed by atoms with E-state index in [1.54, 1.807) is 0 Å². The van der Waals surface area contributed by atoms with E-state index in [1.807, 2.05) is 0 Å². The van der Waals surface area contributed by atoms with Gasteiger partial charge in [-0.05, 0) is 12.8 Å². The van der Waals surface area contributed by atoms with Gasteiger partial charge in [0, 0.05) is 6.42 Å². The number of hydrogen-bond donors (Lipinski definition) is 0. The number of carbonyl (C=O) groups is 1. The van der Waals surface area contributed by atoms with Crippen molar-refractivity contribution < 1.29 is 9.53 Å². The van der Waals surface area contributed by atoms with E-state index in [0.717, 1.165) is 12.8 Å². The molecule has 0 aromatic rings. The monoisotopic (exact) mass is 452 g/mol. The third-order valence-corrected chi connectivity index (χ3v) is 6.75. The zero-order valence-corrected chi connectivity index (χ0v) is 22.4. The van der Waals surface area contributed by atoms with Gasteiger partial charge in [0.2, 0.25) is 0 Å². The SMILES string of the molecule is CCCCCCCCCCCCCCCCCCCCOC(=O)CCCCCCCCC. The maximum absolute atomic E-state index is 11.7. The fourth-order valence-electron chi connectivity index (χ4n) is 4.49. The van der Waals surface area contributed by atoms with Crippen molar-refractivity contribution in [2.45, 2.75) is 181 Å². The van der Waals surface area contributed by atoms with E-state index < -0.39 is 0 Å². The summed E-state index contributed by atoms with van der Waals surface area (Å²) < 4.78 is 5.38. The van der Waals surface area contributed by atoms with Gasteiger partial charge in [-0.25, -0.2) is 0 Å². The summed E-state index contributed by atoms with van der Waals surface area (Å²) >= 11 is 0. The molecule has 0 aliphatic rings. The predicted molar refractivity (Wildman–Crippen MR) is 142 cm³/mol. The van der Waals surface area contributed by atoms with E-state index in [-0.39, 0.29) is 5.97 Å². The summed E-state index contributed by atoms with van der Waals surface area (Å²) in [4.78, 5) is 11.7. The molecule has 2 nitrogen and oxygen atoms in total. The number of rotatable bonds is 27. The van der Waals surface area contributed by atoms with Gasteiger partial charge in [-0.2, -0.15) is 0 Å². The fourth-order valence-corrected chi connectivity index (χ4v) is 4.49. The zero-order valence-electron chi connectivity index (χ0n) is 22.4. The highest BCUT2D eigenvalue weighted by molar-refractivity contribution is 5.69. The molecule has 0 bridgehead atoms. The first-order valence-electron chi connectivity index (χ1n) is 15.0. The summed E-state index contributed by atoms with van der Waals surface area (Å²) in [5, 5.41) is 0. The molecule has 0 heterocycles. The largest absolute Gasteiger partial charge is 0.466 e. The van der Waals surface area contributed by atoms with Crippen molar-refractivity contribution in [1.82, 2.24) is 0 Å². The first-order chi connectivity index (χ1) is 15.8. The molecule has 0 atom stereocenters. The lowest BCUT2D eigenvalue weighted by Crippen LogP contribution is -2.05. The number of esters is 1. The molecule has 0 aliphatic heterocycles. The molecule has 0 fully saturated rings. The molecule has 0 saturated carbocycles. The van der Waals surface area contributed by atoms with Gasteiger partial charge in [-0.3, -0.25) is 4.79 Å². The Hall–Kier alpha value is -0.530. The predicted octanol–water partition coefficient (Wildman–Crippen LogP) is 10.7. The highest BCUT2D eigenvalue weighted by atomic mass is 16.5. The summed E-state index contributed by atoms with van der Waals surface area (Å²) in [5.41, 5.74) is 0. The summed E-state index contributed by atoms with van der Waals surface area (Å²) in [6, 6.07) is 0. The number of carbonyl (C=O) groups excluding carboxylic acids is 1. The van der Waals surface area contributed by atoms with E-state index in [0.29, 0.717) is 13.0 Å². The van der Waals surface area contributed by atoms with Gasteiger partial charge >= 0.3 is 5.97 Å². The minimum Gasteiger partial charge on any atom is -0.466 e. The maximum Gasteiger partial charge on any atom is 0.305 e. The van der Waals surface area contributed by atoms with Crippen LogP contribution in [0.15, 0.2) is 0 Å². The molecular weight excluding hydrogens is 392 g/mol. The van der Waals surface area contributed by atoms with Crippen molar-refractivity contribution in [2.75, 3.05) is 6.61 Å². The van der Waals surface area contributed by atoms with Crippen LogP contribution in [0.2, 0.25) is 0 Å². The molecule has 0 saturated heterocycles. The van der Waals surface area contributed by atoms with Crippen LogP contribution in [0.5, 0.6) is 0 Å². The Kier molecular flexibility index (Phi) is 28.0. The van der Waals surface area contributed by atoms with E-state index in [2.05, 4.69) is 13.8 Å². The number of hydrogen-bond acceptors (Lipinski definition) is 2. The maximum atomic E-state index is 11.7. The second kappa shape index (κ2) is 28.5. The Morgan fingerprint density at radius 1 is 0.406 bits per heavy atom. The molecule has 0 radical (unpaired) electrons. The van der Waals surface area contributed by atoms with Crippen LogP contribution in [-0.4, -0.2) is 12.6 Å². The van der Waals surface area contributed by atoms with E-state index in [9.17, 15) is 4.79 Å². The van der Waals surface area contributed by atoms with Crippen molar-refractivity contribution in [3.63, 3.8) is 0 Å². The first kappa shape index (κ1) is 31.5. The number of unbranched alkanes of at least 4 members (excludes halogenated alkanes) is 23. The van der Waals surface area contributed by atoms with Crippen LogP contribution < -0.4 is 0 Å². The fraction of sp³-hybridized carbons (Fsp3) is 0.967. The average Bonchev–Trinajstić information content (AvgIpc) is 2.80. The summed E-state index contributed by atoms with van der Waals surface area (Å²) in [6.07, 6.45) is 34.4. The zero-order chi connectivity index (χ0) is 23.4. The van der Waals surface area contributed by atoms with Crippen LogP contribution in [0.3, 0.4) is 0 Å². The van der Waals surface area contributed by atoms with Crippen LogP contribution in [-0.2, 0) is 9.53 Å². The molecule has 32 heavy (non-hydrogen) atoms. The van der Waals surface area contributed by atoms with Gasteiger partial charge in [0.15, 0.2) is 0 Å². The Labute approximate surface area is 203 Å². The third kappa shape index (κ3) is 27.5. The van der Waals surface area contributed by atoms with Crippen molar-refractivity contribution in [2.24, 2.45) is 0 Å². The molecule has 0 spiro atoms. The lowest BCUT2D eigenvalue weighted by Gasteiger charge is -2.06. The molecular formula is C30H60O2. The normalized spacial score (nSPS) is 11.2. The Morgan fingerprint density at radius 2 is 0.688 bits per heavy atom. The summed E-state index contributed by atoms with van der Waals surface area (Å²) in [5.74, 6) is 0.0190. The van der Waals surface area contributed by atoms with Crippen molar-refractivity contribution in [3.8, 4) is 0 Å². The van der Waals surface area contributed by atoms with Crippen LogP contribution in [0.25, 0.3) is 0 Å². The molecule has 2 heteroatoms. The van der Waals surface area contributed by atoms with Crippen molar-refractivity contribution in [3.05, 3.63) is 0 Å². The quantitative estimate of drug-likeness (QED) is 0.0914. The molecule has 0 unspecified atom stereocenters. The highest BCUT2D eigenvalue weighted by Gasteiger charge is 2.02. The first-order valence-corrected chi connectivity index (χ1v) is 15.0. The molecule has 0 rings (SSSR count). The highest BCUT2D eigenvalue weighted by Crippen LogP contribution is 2.14. The standard InChI is InChI=1S/C30H60O2/c1-3-5-7-9-11-12-13-14-15-16-17-18-19-20-21-23-25-27-29-32-30(31)28-26-24-22-10-8-6-4-2/h3-29H2,1-2H3.